The van der Waals surface area contributed by atoms with Gasteiger partial charge in [-0.1, -0.05) is 170 Å². The van der Waals surface area contributed by atoms with Gasteiger partial charge in [0.1, 0.15) is 22.3 Å². The molecule has 0 unspecified atom stereocenters. The van der Waals surface area contributed by atoms with Crippen LogP contribution in [0.3, 0.4) is 0 Å². The summed E-state index contributed by atoms with van der Waals surface area (Å²) in [5.41, 5.74) is 13.2. The van der Waals surface area contributed by atoms with E-state index in [1.165, 1.54) is 65.9 Å². The molecule has 0 spiro atoms. The molecular weight excluding hydrogens is 681 g/mol. The van der Waals surface area contributed by atoms with Crippen molar-refractivity contribution in [1.29, 1.82) is 0 Å². The predicted octanol–water partition coefficient (Wildman–Crippen LogP) is 15.6. The molecule has 2 heteroatoms. The van der Waals surface area contributed by atoms with E-state index >= 15 is 0 Å². The molecule has 2 aromatic heterocycles. The summed E-state index contributed by atoms with van der Waals surface area (Å²) in [5, 5.41) is 11.6. The maximum atomic E-state index is 6.67. The highest BCUT2D eigenvalue weighted by Crippen LogP contribution is 2.46. The lowest BCUT2D eigenvalue weighted by molar-refractivity contribution is 0.665. The smallest absolute Gasteiger partial charge is 0.143 e. The molecule has 12 rings (SSSR count). The van der Waals surface area contributed by atoms with Gasteiger partial charge < -0.3 is 8.83 Å². The first-order valence-electron chi connectivity index (χ1n) is 19.2. The minimum Gasteiger partial charge on any atom is -0.456 e. The van der Waals surface area contributed by atoms with Gasteiger partial charge in [-0.3, -0.25) is 0 Å². The molecular formula is C54H32O2. The fourth-order valence-electron chi connectivity index (χ4n) is 9.08. The number of para-hydroxylation sites is 1. The van der Waals surface area contributed by atoms with Crippen LogP contribution in [0.2, 0.25) is 0 Å². The molecule has 2 heterocycles. The SMILES string of the molecule is c1ccc(-c2ccc(-c3c4ccccc4c(-c4ccc(-c5cc6c7cc8oc9ccccc9c8cc7oc6c6ccccc56)cc4)c4ccccc34)cc2)cc1. The molecule has 0 N–H and O–H groups in total. The van der Waals surface area contributed by atoms with Crippen LogP contribution >= 0.6 is 0 Å². The van der Waals surface area contributed by atoms with Crippen molar-refractivity contribution in [3.05, 3.63) is 194 Å². The number of benzene rings is 10. The zero-order chi connectivity index (χ0) is 36.7. The lowest BCUT2D eigenvalue weighted by atomic mass is 9.85. The van der Waals surface area contributed by atoms with E-state index < -0.39 is 0 Å². The third-order valence-corrected chi connectivity index (χ3v) is 11.7. The zero-order valence-corrected chi connectivity index (χ0v) is 30.3. The summed E-state index contributed by atoms with van der Waals surface area (Å²) in [6, 6.07) is 69.9. The van der Waals surface area contributed by atoms with Gasteiger partial charge in [0.2, 0.25) is 0 Å². The average molecular weight is 713 g/mol. The third-order valence-electron chi connectivity index (χ3n) is 11.7. The minimum atomic E-state index is 0.867. The monoisotopic (exact) mass is 712 g/mol. The van der Waals surface area contributed by atoms with E-state index in [1.807, 2.05) is 12.1 Å². The van der Waals surface area contributed by atoms with Crippen molar-refractivity contribution in [2.75, 3.05) is 0 Å². The lowest BCUT2D eigenvalue weighted by Gasteiger charge is -2.18. The maximum Gasteiger partial charge on any atom is 0.143 e. The lowest BCUT2D eigenvalue weighted by Crippen LogP contribution is -1.91. The van der Waals surface area contributed by atoms with Crippen molar-refractivity contribution in [3.63, 3.8) is 0 Å². The average Bonchev–Trinajstić information content (AvgIpc) is 3.82. The van der Waals surface area contributed by atoms with E-state index in [-0.39, 0.29) is 0 Å². The van der Waals surface area contributed by atoms with Crippen molar-refractivity contribution >= 4 is 76.2 Å². The molecule has 0 aliphatic rings. The van der Waals surface area contributed by atoms with Crippen LogP contribution in [0.1, 0.15) is 0 Å². The third kappa shape index (κ3) is 4.63. The van der Waals surface area contributed by atoms with E-state index in [1.54, 1.807) is 0 Å². The normalized spacial score (nSPS) is 11.9. The van der Waals surface area contributed by atoms with Crippen molar-refractivity contribution in [1.82, 2.24) is 0 Å². The van der Waals surface area contributed by atoms with Crippen molar-refractivity contribution in [2.24, 2.45) is 0 Å². The van der Waals surface area contributed by atoms with Gasteiger partial charge in [-0.25, -0.2) is 0 Å². The van der Waals surface area contributed by atoms with Crippen molar-refractivity contribution in [3.8, 4) is 44.5 Å². The molecule has 0 bridgehead atoms. The molecule has 0 aliphatic carbocycles. The first-order chi connectivity index (χ1) is 27.8. The molecule has 10 aromatic carbocycles. The summed E-state index contributed by atoms with van der Waals surface area (Å²) in [4.78, 5) is 0. The second-order valence-electron chi connectivity index (χ2n) is 14.8. The highest BCUT2D eigenvalue weighted by Gasteiger charge is 2.19. The number of rotatable bonds is 4. The molecule has 260 valence electrons. The van der Waals surface area contributed by atoms with Gasteiger partial charge in [0.25, 0.3) is 0 Å². The van der Waals surface area contributed by atoms with E-state index in [2.05, 4.69) is 182 Å². The topological polar surface area (TPSA) is 26.3 Å². The van der Waals surface area contributed by atoms with Crippen molar-refractivity contribution < 1.29 is 8.83 Å². The molecule has 0 saturated heterocycles. The summed E-state index contributed by atoms with van der Waals surface area (Å²) < 4.78 is 13.0. The van der Waals surface area contributed by atoms with E-state index in [4.69, 9.17) is 8.83 Å². The first kappa shape index (κ1) is 31.0. The van der Waals surface area contributed by atoms with Gasteiger partial charge in [0.15, 0.2) is 0 Å². The molecule has 56 heavy (non-hydrogen) atoms. The largest absolute Gasteiger partial charge is 0.456 e. The maximum absolute atomic E-state index is 6.67. The molecule has 12 aromatic rings. The minimum absolute atomic E-state index is 0.867. The number of furan rings is 2. The molecule has 0 amide bonds. The van der Waals surface area contributed by atoms with Crippen LogP contribution in [0.4, 0.5) is 0 Å². The fraction of sp³-hybridized carbons (Fsp3) is 0. The van der Waals surface area contributed by atoms with Gasteiger partial charge >= 0.3 is 0 Å². The Labute approximate surface area is 322 Å². The van der Waals surface area contributed by atoms with Gasteiger partial charge in [-0.05, 0) is 95.7 Å². The Hall–Kier alpha value is -7.42. The van der Waals surface area contributed by atoms with Gasteiger partial charge in [0.05, 0.1) is 0 Å². The predicted molar refractivity (Wildman–Crippen MR) is 235 cm³/mol. The fourth-order valence-corrected chi connectivity index (χ4v) is 9.08. The summed E-state index contributed by atoms with van der Waals surface area (Å²) >= 11 is 0. The Kier molecular flexibility index (Phi) is 6.66. The summed E-state index contributed by atoms with van der Waals surface area (Å²) in [6.07, 6.45) is 0. The number of fused-ring (bicyclic) bond motifs is 10. The first-order valence-corrected chi connectivity index (χ1v) is 19.2. The Morgan fingerprint density at radius 3 is 1.27 bits per heavy atom. The summed E-state index contributed by atoms with van der Waals surface area (Å²) in [6.45, 7) is 0. The van der Waals surface area contributed by atoms with E-state index in [9.17, 15) is 0 Å². The Balaban J connectivity index is 1.02. The highest BCUT2D eigenvalue weighted by atomic mass is 16.3. The van der Waals surface area contributed by atoms with Crippen LogP contribution in [0.5, 0.6) is 0 Å². The Bertz CT molecular complexity index is 3440. The van der Waals surface area contributed by atoms with Crippen LogP contribution in [-0.2, 0) is 0 Å². The Morgan fingerprint density at radius 1 is 0.232 bits per heavy atom. The second-order valence-corrected chi connectivity index (χ2v) is 14.8. The van der Waals surface area contributed by atoms with Gasteiger partial charge in [0, 0.05) is 26.9 Å². The quantitative estimate of drug-likeness (QED) is 0.170. The molecule has 0 radical (unpaired) electrons. The molecule has 0 aliphatic heterocycles. The van der Waals surface area contributed by atoms with Crippen molar-refractivity contribution in [2.45, 2.75) is 0 Å². The molecule has 0 saturated carbocycles. The highest BCUT2D eigenvalue weighted by molar-refractivity contribution is 6.23. The van der Waals surface area contributed by atoms with Gasteiger partial charge in [-0.2, -0.15) is 0 Å². The van der Waals surface area contributed by atoms with Crippen LogP contribution in [0, 0.1) is 0 Å². The molecule has 0 atom stereocenters. The second kappa shape index (κ2) is 12.0. The van der Waals surface area contributed by atoms with Gasteiger partial charge in [-0.15, -0.1) is 0 Å². The van der Waals surface area contributed by atoms with Crippen LogP contribution in [0.25, 0.3) is 121 Å². The van der Waals surface area contributed by atoms with E-state index in [0.29, 0.717) is 0 Å². The zero-order valence-electron chi connectivity index (χ0n) is 30.3. The summed E-state index contributed by atoms with van der Waals surface area (Å²) in [7, 11) is 0. The van der Waals surface area contributed by atoms with E-state index in [0.717, 1.165) is 54.8 Å². The Morgan fingerprint density at radius 2 is 0.661 bits per heavy atom. The number of hydrogen-bond acceptors (Lipinski definition) is 2. The standard InChI is InChI=1S/C54H32O2/c1-2-12-33(13-3-1)34-22-26-36(27-23-34)52-40-16-5-7-18-42(40)53(43-19-8-6-17-41(43)52)37-28-24-35(25-29-37)45-30-48-47-32-50-46(39-15-10-11-21-49(39)55-50)31-51(47)56-54(48)44-20-9-4-14-38(44)45/h1-32H. The van der Waals surface area contributed by atoms with Crippen LogP contribution < -0.4 is 0 Å². The molecule has 0 fully saturated rings. The van der Waals surface area contributed by atoms with Crippen LogP contribution in [-0.4, -0.2) is 0 Å². The number of hydrogen-bond donors (Lipinski definition) is 0. The van der Waals surface area contributed by atoms with Crippen LogP contribution in [0.15, 0.2) is 203 Å². The summed E-state index contributed by atoms with van der Waals surface area (Å²) in [5.74, 6) is 0. The molecule has 2 nitrogen and oxygen atoms in total.